The van der Waals surface area contributed by atoms with Crippen molar-refractivity contribution in [1.29, 1.82) is 0 Å². The molecule has 0 amide bonds. The molecule has 11 heteroatoms. The van der Waals surface area contributed by atoms with Crippen molar-refractivity contribution in [3.63, 3.8) is 0 Å². The van der Waals surface area contributed by atoms with Crippen LogP contribution in [0.4, 0.5) is 8.63 Å². The second-order valence-corrected chi connectivity index (χ2v) is 17.4. The van der Waals surface area contributed by atoms with E-state index in [4.69, 9.17) is 19.7 Å². The summed E-state index contributed by atoms with van der Waals surface area (Å²) in [5.41, 5.74) is 16.0. The van der Waals surface area contributed by atoms with Gasteiger partial charge in [-0.25, -0.2) is 14.8 Å². The van der Waals surface area contributed by atoms with Crippen molar-refractivity contribution in [3.05, 3.63) is 191 Å². The van der Waals surface area contributed by atoms with E-state index in [0.29, 0.717) is 44.8 Å². The number of hydrogen-bond donors (Lipinski definition) is 2. The van der Waals surface area contributed by atoms with E-state index in [-0.39, 0.29) is 30.0 Å². The molecule has 4 aromatic heterocycles. The van der Waals surface area contributed by atoms with Gasteiger partial charge in [-0.3, -0.25) is 13.6 Å². The van der Waals surface area contributed by atoms with Gasteiger partial charge in [0.1, 0.15) is 5.69 Å². The molecule has 3 aliphatic heterocycles. The first-order valence-electron chi connectivity index (χ1n) is 23.6. The molecule has 7 heterocycles. The molecule has 8 nitrogen and oxygen atoms in total. The van der Waals surface area contributed by atoms with E-state index in [2.05, 4.69) is 53.3 Å². The standard InChI is InChI=1S/C59H47BF2N6O2/c1-5-41-35(3)42(63-36(41)4)33-34-49-54-55(58(59(69)70-6-2)68(49)60(61)62)57-53(40-25-17-10-18-26-40)48-32-30-46(66-48)51(38-21-13-8-14-22-38)44-28-27-43(64-44)50(37-19-11-7-12-20-37)45-29-31-47(65-45)52(56(54)67-57)39-23-15-9-16-24-39/h7-33,65-66H,5-6,34H2,1-4H3/b42-33-,50-43?,50-45?,51-44?,51-46?,52-47?,53-48?,56-52?,57-53?. The van der Waals surface area contributed by atoms with Crippen LogP contribution in [0.25, 0.3) is 101 Å². The number of rotatable bonds is 10. The molecule has 342 valence electrons. The Morgan fingerprint density at radius 3 is 1.47 bits per heavy atom. The largest absolute Gasteiger partial charge is 0.678 e. The zero-order valence-electron chi connectivity index (χ0n) is 39.1. The van der Waals surface area contributed by atoms with Gasteiger partial charge in [-0.2, -0.15) is 0 Å². The van der Waals surface area contributed by atoms with Gasteiger partial charge in [0, 0.05) is 73.3 Å². The average Bonchev–Trinajstić information content (AvgIpc) is 4.26. The lowest BCUT2D eigenvalue weighted by molar-refractivity contribution is 0.0518. The van der Waals surface area contributed by atoms with Gasteiger partial charge in [-0.15, -0.1) is 0 Å². The topological polar surface area (TPSA) is 101 Å². The molecule has 0 saturated carbocycles. The smallest absolute Gasteiger partial charge is 0.461 e. The first-order chi connectivity index (χ1) is 34.2. The van der Waals surface area contributed by atoms with Gasteiger partial charge in [-0.1, -0.05) is 134 Å². The van der Waals surface area contributed by atoms with Crippen molar-refractivity contribution in [2.24, 2.45) is 4.99 Å². The van der Waals surface area contributed by atoms with E-state index < -0.39 is 13.4 Å². The Hall–Kier alpha value is -8.44. The minimum atomic E-state index is -3.13. The molecule has 0 saturated heterocycles. The molecule has 70 heavy (non-hydrogen) atoms. The second kappa shape index (κ2) is 18.2. The fraction of sp³-hybridized carbons (Fsp3) is 0.119. The number of aromatic nitrogens is 5. The molecular weight excluding hydrogens is 873 g/mol. The third-order valence-electron chi connectivity index (χ3n) is 13.4. The van der Waals surface area contributed by atoms with Crippen LogP contribution in [0.5, 0.6) is 0 Å². The number of ether oxygens (including phenoxy) is 1. The normalized spacial score (nSPS) is 13.5. The number of carbonyl (C=O) groups is 1. The van der Waals surface area contributed by atoms with Gasteiger partial charge in [-0.05, 0) is 97.0 Å². The molecule has 0 aliphatic carbocycles. The molecule has 11 rings (SSSR count). The van der Waals surface area contributed by atoms with Gasteiger partial charge in [0.15, 0.2) is 0 Å². The number of nitrogens with zero attached hydrogens (tertiary/aromatic N) is 4. The molecule has 0 atom stereocenters. The number of fused-ring (bicyclic) bond motifs is 11. The maximum absolute atomic E-state index is 16.4. The van der Waals surface area contributed by atoms with Gasteiger partial charge >= 0.3 is 13.4 Å². The Morgan fingerprint density at radius 2 is 1.04 bits per heavy atom. The average molecular weight is 921 g/mol. The molecular formula is C59H47BF2N6O2. The van der Waals surface area contributed by atoms with E-state index in [1.165, 1.54) is 0 Å². The lowest BCUT2D eigenvalue weighted by Crippen LogP contribution is -2.23. The van der Waals surface area contributed by atoms with E-state index in [1.54, 1.807) is 6.92 Å². The van der Waals surface area contributed by atoms with Crippen LogP contribution in [0, 0.1) is 0 Å². The maximum atomic E-state index is 16.4. The maximum Gasteiger partial charge on any atom is 0.678 e. The van der Waals surface area contributed by atoms with Gasteiger partial charge in [0.05, 0.1) is 35.1 Å². The monoisotopic (exact) mass is 920 g/mol. The van der Waals surface area contributed by atoms with Crippen LogP contribution in [-0.2, 0) is 11.2 Å². The van der Waals surface area contributed by atoms with Crippen molar-refractivity contribution in [2.45, 2.75) is 40.5 Å². The summed E-state index contributed by atoms with van der Waals surface area (Å²) in [6, 6.07) is 47.9. The zero-order valence-corrected chi connectivity index (χ0v) is 39.1. The number of aliphatic imine (C=N–C) groups is 1. The highest BCUT2D eigenvalue weighted by Crippen LogP contribution is 2.51. The van der Waals surface area contributed by atoms with Crippen molar-refractivity contribution in [1.82, 2.24) is 24.4 Å². The van der Waals surface area contributed by atoms with E-state index >= 15 is 8.63 Å². The predicted molar refractivity (Wildman–Crippen MR) is 281 cm³/mol. The molecule has 0 radical (unpaired) electrons. The van der Waals surface area contributed by atoms with Crippen LogP contribution in [0.2, 0.25) is 0 Å². The summed E-state index contributed by atoms with van der Waals surface area (Å²) in [7, 11) is -3.13. The summed E-state index contributed by atoms with van der Waals surface area (Å²) in [5.74, 6) is -0.875. The van der Waals surface area contributed by atoms with Crippen LogP contribution in [-0.4, -0.2) is 50.1 Å². The first-order valence-corrected chi connectivity index (χ1v) is 23.6. The molecule has 8 aromatic rings. The SMILES string of the molecule is CCOC(=O)c1c2c(c(C/C=C3\N=C(C)C(CC)=C3C)n1B(F)F)-c1nc-2c(-c2ccccc2)c2ccc([nH]2)c(-c2ccccc2)c2nc(c(-c3ccccc3)c3ccc([nH]3)c1-c1ccccc1)C=C2. The molecule has 2 N–H and O–H groups in total. The Morgan fingerprint density at radius 1 is 0.600 bits per heavy atom. The Bertz CT molecular complexity index is 3680. The number of nitrogens with one attached hydrogen (secondary N) is 2. The summed E-state index contributed by atoms with van der Waals surface area (Å²) < 4.78 is 39.4. The second-order valence-electron chi connectivity index (χ2n) is 17.4. The third-order valence-corrected chi connectivity index (χ3v) is 13.4. The zero-order chi connectivity index (χ0) is 48.0. The van der Waals surface area contributed by atoms with Crippen LogP contribution in [0.1, 0.15) is 61.7 Å². The van der Waals surface area contributed by atoms with Crippen molar-refractivity contribution in [2.75, 3.05) is 6.61 Å². The number of allylic oxidation sites excluding steroid dienone is 3. The fourth-order valence-electron chi connectivity index (χ4n) is 10.4. The molecule has 0 unspecified atom stereocenters. The number of carbonyl (C=O) groups excluding carboxylic acids is 1. The number of benzene rings is 4. The summed E-state index contributed by atoms with van der Waals surface area (Å²) in [5, 5.41) is 0. The number of H-pyrrole nitrogens is 2. The van der Waals surface area contributed by atoms with Gasteiger partial charge in [0.25, 0.3) is 0 Å². The molecule has 4 aromatic carbocycles. The Kier molecular flexibility index (Phi) is 11.5. The van der Waals surface area contributed by atoms with Crippen LogP contribution in [0.15, 0.2) is 174 Å². The molecule has 0 fully saturated rings. The molecule has 0 spiro atoms. The highest BCUT2D eigenvalue weighted by Gasteiger charge is 2.41. The van der Waals surface area contributed by atoms with E-state index in [9.17, 15) is 4.79 Å². The Balaban J connectivity index is 1.38. The quantitative estimate of drug-likeness (QED) is 0.105. The van der Waals surface area contributed by atoms with E-state index in [1.807, 2.05) is 141 Å². The van der Waals surface area contributed by atoms with Crippen molar-refractivity contribution in [3.8, 4) is 67.0 Å². The number of esters is 1. The van der Waals surface area contributed by atoms with Gasteiger partial charge in [0.2, 0.25) is 0 Å². The summed E-state index contributed by atoms with van der Waals surface area (Å²) >= 11 is 0. The number of halogens is 2. The lowest BCUT2D eigenvalue weighted by Gasteiger charge is -2.13. The molecule has 3 aliphatic rings. The summed E-state index contributed by atoms with van der Waals surface area (Å²) in [6.07, 6.45) is 6.80. The minimum absolute atomic E-state index is 0.0102. The number of hydrogen-bond acceptors (Lipinski definition) is 5. The number of aromatic amines is 2. The highest BCUT2D eigenvalue weighted by atomic mass is 19.2. The van der Waals surface area contributed by atoms with Crippen LogP contribution in [0.3, 0.4) is 0 Å². The predicted octanol–water partition coefficient (Wildman–Crippen LogP) is 14.9. The van der Waals surface area contributed by atoms with E-state index in [0.717, 1.165) is 83.6 Å². The van der Waals surface area contributed by atoms with Gasteiger partial charge < -0.3 is 19.2 Å². The minimum Gasteiger partial charge on any atom is -0.461 e. The summed E-state index contributed by atoms with van der Waals surface area (Å²) in [6.45, 7) is 7.73. The van der Waals surface area contributed by atoms with Crippen molar-refractivity contribution >= 4 is 53.3 Å². The van der Waals surface area contributed by atoms with Crippen molar-refractivity contribution < 1.29 is 18.2 Å². The summed E-state index contributed by atoms with van der Waals surface area (Å²) in [4.78, 5) is 38.2. The lowest BCUT2D eigenvalue weighted by atomic mass is 9.94. The first kappa shape index (κ1) is 44.1. The third kappa shape index (κ3) is 7.54. The molecule has 8 bridgehead atoms. The Labute approximate surface area is 404 Å². The van der Waals surface area contributed by atoms with Crippen LogP contribution >= 0.6 is 0 Å². The fourth-order valence-corrected chi connectivity index (χ4v) is 10.4. The highest BCUT2D eigenvalue weighted by molar-refractivity contribution is 6.43. The van der Waals surface area contributed by atoms with Crippen LogP contribution < -0.4 is 0 Å².